The number of carboxylic acid groups (broad SMARTS) is 1. The summed E-state index contributed by atoms with van der Waals surface area (Å²) in [5.74, 6) is -1.23. The summed E-state index contributed by atoms with van der Waals surface area (Å²) in [4.78, 5) is 10.7. The lowest BCUT2D eigenvalue weighted by Gasteiger charge is -2.23. The second-order valence-corrected chi connectivity index (χ2v) is 11.4. The van der Waals surface area contributed by atoms with E-state index >= 15 is 0 Å². The number of rotatable bonds is 30. The minimum absolute atomic E-state index is 0.283. The van der Waals surface area contributed by atoms with Gasteiger partial charge in [0.25, 0.3) is 0 Å². The van der Waals surface area contributed by atoms with Gasteiger partial charge in [0.2, 0.25) is 0 Å². The van der Waals surface area contributed by atoms with E-state index in [0.717, 1.165) is 17.4 Å². The summed E-state index contributed by atoms with van der Waals surface area (Å²) in [5.41, 5.74) is 0. The van der Waals surface area contributed by atoms with Gasteiger partial charge in [0.1, 0.15) is 12.6 Å². The van der Waals surface area contributed by atoms with E-state index in [1.54, 1.807) is 0 Å². The molecule has 0 fully saturated rings. The van der Waals surface area contributed by atoms with E-state index in [9.17, 15) is 9.90 Å². The number of carbonyl (C=O) groups excluding carboxylic acids is 1. The molecule has 0 aliphatic carbocycles. The minimum atomic E-state index is -1.23. The highest BCUT2D eigenvalue weighted by molar-refractivity contribution is 5.65. The smallest absolute Gasteiger partial charge is 0.105 e. The van der Waals surface area contributed by atoms with Crippen LogP contribution in [0.5, 0.6) is 0 Å². The number of hydrogen-bond donors (Lipinski definition) is 0. The van der Waals surface area contributed by atoms with Gasteiger partial charge in [-0.3, -0.25) is 0 Å². The van der Waals surface area contributed by atoms with Gasteiger partial charge in [-0.1, -0.05) is 103 Å². The third-order valence-corrected chi connectivity index (χ3v) is 6.47. The average molecular weight is 532 g/mol. The van der Waals surface area contributed by atoms with E-state index in [1.165, 1.54) is 96.3 Å². The Morgan fingerprint density at radius 2 is 1.05 bits per heavy atom. The van der Waals surface area contributed by atoms with Crippen LogP contribution in [0.15, 0.2) is 0 Å². The van der Waals surface area contributed by atoms with Gasteiger partial charge in [0.15, 0.2) is 0 Å². The summed E-state index contributed by atoms with van der Waals surface area (Å²) in [5, 5.41) is 10.7. The molecular weight excluding hydrogens is 470 g/mol. The number of unbranched alkanes of at least 4 members (excludes halogenated alkanes) is 15. The van der Waals surface area contributed by atoms with Crippen LogP contribution in [-0.2, 0) is 23.7 Å². The molecule has 0 radical (unpaired) electrons. The van der Waals surface area contributed by atoms with Gasteiger partial charge in [-0.25, -0.2) is 0 Å². The summed E-state index contributed by atoms with van der Waals surface area (Å²) < 4.78 is 23.1. The third kappa shape index (κ3) is 31.4. The molecule has 0 saturated carbocycles. The number of hydrogen-bond acceptors (Lipinski definition) is 6. The lowest BCUT2D eigenvalue weighted by molar-refractivity contribution is -0.870. The first-order valence-electron chi connectivity index (χ1n) is 15.2. The molecule has 222 valence electrons. The van der Waals surface area contributed by atoms with E-state index in [2.05, 4.69) is 28.1 Å². The van der Waals surface area contributed by atoms with E-state index in [0.29, 0.717) is 33.0 Å². The van der Waals surface area contributed by atoms with Crippen LogP contribution in [0.1, 0.15) is 110 Å². The van der Waals surface area contributed by atoms with Crippen molar-refractivity contribution in [3.8, 4) is 0 Å². The summed E-state index contributed by atoms with van der Waals surface area (Å²) in [6, 6.07) is 0. The molecule has 0 aromatic rings. The number of quaternary nitrogens is 1. The highest BCUT2D eigenvalue weighted by Crippen LogP contribution is 2.13. The molecule has 0 bridgehead atoms. The highest BCUT2D eigenvalue weighted by atomic mass is 16.6. The van der Waals surface area contributed by atoms with Crippen LogP contribution in [0.25, 0.3) is 0 Å². The molecule has 0 heterocycles. The van der Waals surface area contributed by atoms with E-state index in [1.807, 2.05) is 0 Å². The fourth-order valence-corrected chi connectivity index (χ4v) is 4.07. The minimum Gasteiger partial charge on any atom is -0.548 e. The normalized spacial score (nSPS) is 12.8. The summed E-state index contributed by atoms with van der Waals surface area (Å²) in [6.45, 7) is 5.67. The molecule has 37 heavy (non-hydrogen) atoms. The van der Waals surface area contributed by atoms with Crippen LogP contribution in [0.2, 0.25) is 0 Å². The molecule has 0 aliphatic heterocycles. The summed E-state index contributed by atoms with van der Waals surface area (Å²) >= 11 is 0. The first-order chi connectivity index (χ1) is 17.8. The van der Waals surface area contributed by atoms with Crippen LogP contribution in [-0.4, -0.2) is 90.5 Å². The largest absolute Gasteiger partial charge is 0.548 e. The summed E-state index contributed by atoms with van der Waals surface area (Å²) in [7, 11) is 6.37. The van der Waals surface area contributed by atoms with E-state index < -0.39 is 18.7 Å². The molecule has 1 unspecified atom stereocenters. The first kappa shape index (κ1) is 36.3. The average Bonchev–Trinajstić information content (AvgIpc) is 2.84. The Morgan fingerprint density at radius 3 is 1.51 bits per heavy atom. The van der Waals surface area contributed by atoms with E-state index in [-0.39, 0.29) is 6.61 Å². The molecular formula is C30H61NO6. The molecule has 0 aromatic carbocycles. The van der Waals surface area contributed by atoms with Crippen molar-refractivity contribution < 1.29 is 33.3 Å². The van der Waals surface area contributed by atoms with Crippen LogP contribution in [0.4, 0.5) is 0 Å². The molecule has 0 rings (SSSR count). The Balaban J connectivity index is 3.56. The Hall–Kier alpha value is -0.730. The molecule has 0 N–H and O–H groups in total. The van der Waals surface area contributed by atoms with Crippen molar-refractivity contribution in [1.82, 2.24) is 0 Å². The molecule has 0 spiro atoms. The molecule has 1 atom stereocenters. The summed E-state index contributed by atoms with van der Waals surface area (Å²) in [6.07, 6.45) is 21.1. The molecule has 0 amide bonds. The number of nitrogens with zero attached hydrogens (tertiary/aromatic N) is 1. The van der Waals surface area contributed by atoms with Crippen LogP contribution in [0.3, 0.4) is 0 Å². The van der Waals surface area contributed by atoms with Crippen molar-refractivity contribution in [3.05, 3.63) is 0 Å². The van der Waals surface area contributed by atoms with Crippen molar-refractivity contribution in [2.24, 2.45) is 0 Å². The van der Waals surface area contributed by atoms with Gasteiger partial charge in [0, 0.05) is 6.61 Å². The molecule has 7 nitrogen and oxygen atoms in total. The molecule has 0 aliphatic rings. The number of ether oxygens (including phenoxy) is 4. The Morgan fingerprint density at radius 1 is 0.622 bits per heavy atom. The topological polar surface area (TPSA) is 77.0 Å². The number of carbonyl (C=O) groups is 1. The van der Waals surface area contributed by atoms with Crippen LogP contribution in [0, 0.1) is 0 Å². The quantitative estimate of drug-likeness (QED) is 0.0944. The molecule has 0 saturated heterocycles. The maximum atomic E-state index is 10.7. The van der Waals surface area contributed by atoms with Crippen LogP contribution >= 0.6 is 0 Å². The van der Waals surface area contributed by atoms with Gasteiger partial charge >= 0.3 is 0 Å². The third-order valence-electron chi connectivity index (χ3n) is 6.47. The molecule has 0 aromatic heterocycles. The SMILES string of the molecule is CCCCCCCCCCCCCCCCCCOCC(COCCOCC[N+](C)(C)C)OCC(=O)[O-]. The zero-order chi connectivity index (χ0) is 27.5. The lowest BCUT2D eigenvalue weighted by Crippen LogP contribution is -2.37. The number of aliphatic carboxylic acids is 1. The highest BCUT2D eigenvalue weighted by Gasteiger charge is 2.11. The lowest BCUT2D eigenvalue weighted by atomic mass is 10.0. The van der Waals surface area contributed by atoms with Crippen molar-refractivity contribution in [3.63, 3.8) is 0 Å². The fourth-order valence-electron chi connectivity index (χ4n) is 4.07. The monoisotopic (exact) mass is 531 g/mol. The predicted octanol–water partition coefficient (Wildman–Crippen LogP) is 5.14. The fraction of sp³-hybridized carbons (Fsp3) is 0.967. The standard InChI is InChI=1S/C30H61NO6/c1-5-6-7-8-9-10-11-12-13-14-15-16-17-18-19-20-22-35-26-29(37-28-30(32)33)27-36-25-24-34-23-21-31(2,3)4/h29H,5-28H2,1-4H3. The Labute approximate surface area is 229 Å². The van der Waals surface area contributed by atoms with Crippen molar-refractivity contribution in [2.75, 3.05) is 73.9 Å². The maximum absolute atomic E-state index is 10.7. The van der Waals surface area contributed by atoms with Crippen LogP contribution < -0.4 is 5.11 Å². The Kier molecular flexibility index (Phi) is 26.3. The van der Waals surface area contributed by atoms with Crippen molar-refractivity contribution >= 4 is 5.97 Å². The van der Waals surface area contributed by atoms with Crippen molar-refractivity contribution in [2.45, 2.75) is 116 Å². The zero-order valence-corrected chi connectivity index (χ0v) is 24.9. The van der Waals surface area contributed by atoms with Gasteiger partial charge in [-0.2, -0.15) is 0 Å². The van der Waals surface area contributed by atoms with Gasteiger partial charge in [-0.05, 0) is 6.42 Å². The first-order valence-corrected chi connectivity index (χ1v) is 15.2. The van der Waals surface area contributed by atoms with Gasteiger partial charge in [-0.15, -0.1) is 0 Å². The van der Waals surface area contributed by atoms with E-state index in [4.69, 9.17) is 18.9 Å². The molecule has 7 heteroatoms. The van der Waals surface area contributed by atoms with Gasteiger partial charge < -0.3 is 33.3 Å². The Bertz CT molecular complexity index is 483. The number of likely N-dealkylation sites (N-methyl/N-ethyl adjacent to an activating group) is 1. The maximum Gasteiger partial charge on any atom is 0.105 e. The second-order valence-electron chi connectivity index (χ2n) is 11.4. The van der Waals surface area contributed by atoms with Crippen molar-refractivity contribution in [1.29, 1.82) is 0 Å². The number of carboxylic acids is 1. The zero-order valence-electron chi connectivity index (χ0n) is 24.9. The second kappa shape index (κ2) is 26.9. The van der Waals surface area contributed by atoms with Gasteiger partial charge in [0.05, 0.1) is 66.8 Å². The predicted molar refractivity (Wildman–Crippen MR) is 150 cm³/mol.